The lowest BCUT2D eigenvalue weighted by Gasteiger charge is -2.22. The van der Waals surface area contributed by atoms with Gasteiger partial charge in [-0.3, -0.25) is 0 Å². The van der Waals surface area contributed by atoms with Crippen LogP contribution in [0.2, 0.25) is 0 Å². The van der Waals surface area contributed by atoms with Crippen molar-refractivity contribution in [3.8, 4) is 11.3 Å². The van der Waals surface area contributed by atoms with Gasteiger partial charge in [0, 0.05) is 6.61 Å². The SMILES string of the molecule is N#Cc1nnc(OCCOC2CCCCO2)s1. The summed E-state index contributed by atoms with van der Waals surface area (Å²) in [5, 5.41) is 16.6. The second-order valence-corrected chi connectivity index (χ2v) is 4.44. The Bertz CT molecular complexity index is 384. The van der Waals surface area contributed by atoms with Gasteiger partial charge < -0.3 is 14.2 Å². The van der Waals surface area contributed by atoms with E-state index in [4.69, 9.17) is 19.5 Å². The van der Waals surface area contributed by atoms with Gasteiger partial charge in [0.15, 0.2) is 6.29 Å². The van der Waals surface area contributed by atoms with E-state index in [0.29, 0.717) is 23.4 Å². The highest BCUT2D eigenvalue weighted by atomic mass is 32.1. The summed E-state index contributed by atoms with van der Waals surface area (Å²) in [4.78, 5) is 0. The Balaban J connectivity index is 1.61. The lowest BCUT2D eigenvalue weighted by atomic mass is 10.2. The summed E-state index contributed by atoms with van der Waals surface area (Å²) < 4.78 is 16.2. The Labute approximate surface area is 103 Å². The molecule has 1 fully saturated rings. The summed E-state index contributed by atoms with van der Waals surface area (Å²) in [6.07, 6.45) is 3.10. The van der Waals surface area contributed by atoms with Gasteiger partial charge in [-0.05, 0) is 30.6 Å². The molecule has 1 aromatic rings. The van der Waals surface area contributed by atoms with E-state index < -0.39 is 0 Å². The number of hydrogen-bond acceptors (Lipinski definition) is 7. The molecule has 0 bridgehead atoms. The molecule has 0 amide bonds. The van der Waals surface area contributed by atoms with Gasteiger partial charge in [0.1, 0.15) is 12.7 Å². The Hall–Kier alpha value is -1.23. The zero-order chi connectivity index (χ0) is 11.9. The third-order valence-corrected chi connectivity index (χ3v) is 2.99. The van der Waals surface area contributed by atoms with E-state index in [1.165, 1.54) is 0 Å². The van der Waals surface area contributed by atoms with Crippen molar-refractivity contribution in [1.82, 2.24) is 10.2 Å². The number of aromatic nitrogens is 2. The van der Waals surface area contributed by atoms with E-state index in [2.05, 4.69) is 10.2 Å². The first kappa shape index (κ1) is 12.2. The second kappa shape index (κ2) is 6.49. The van der Waals surface area contributed by atoms with E-state index in [1.54, 1.807) is 0 Å². The van der Waals surface area contributed by atoms with Crippen LogP contribution in [-0.4, -0.2) is 36.3 Å². The van der Waals surface area contributed by atoms with Gasteiger partial charge in [-0.15, -0.1) is 5.10 Å². The highest BCUT2D eigenvalue weighted by Crippen LogP contribution is 2.17. The van der Waals surface area contributed by atoms with E-state index in [-0.39, 0.29) is 6.29 Å². The minimum Gasteiger partial charge on any atom is -0.466 e. The largest absolute Gasteiger partial charge is 0.466 e. The maximum atomic E-state index is 8.55. The van der Waals surface area contributed by atoms with Crippen LogP contribution in [0, 0.1) is 11.3 Å². The molecule has 2 heterocycles. The van der Waals surface area contributed by atoms with E-state index in [0.717, 1.165) is 37.2 Å². The molecule has 1 saturated heterocycles. The monoisotopic (exact) mass is 255 g/mol. The van der Waals surface area contributed by atoms with Crippen molar-refractivity contribution < 1.29 is 14.2 Å². The Morgan fingerprint density at radius 3 is 3.06 bits per heavy atom. The maximum Gasteiger partial charge on any atom is 0.295 e. The molecular formula is C10H13N3O3S. The maximum absolute atomic E-state index is 8.55. The van der Waals surface area contributed by atoms with Crippen LogP contribution in [0.25, 0.3) is 0 Å². The number of hydrogen-bond donors (Lipinski definition) is 0. The zero-order valence-corrected chi connectivity index (χ0v) is 10.1. The van der Waals surface area contributed by atoms with E-state index in [1.807, 2.05) is 6.07 Å². The molecule has 1 aromatic heterocycles. The summed E-state index contributed by atoms with van der Waals surface area (Å²) in [6, 6.07) is 1.90. The topological polar surface area (TPSA) is 77.3 Å². The van der Waals surface area contributed by atoms with Gasteiger partial charge in [-0.2, -0.15) is 5.26 Å². The fourth-order valence-electron chi connectivity index (χ4n) is 1.46. The number of nitriles is 1. The highest BCUT2D eigenvalue weighted by molar-refractivity contribution is 7.13. The van der Waals surface area contributed by atoms with Gasteiger partial charge in [-0.25, -0.2) is 0 Å². The van der Waals surface area contributed by atoms with Gasteiger partial charge >= 0.3 is 0 Å². The zero-order valence-electron chi connectivity index (χ0n) is 9.29. The van der Waals surface area contributed by atoms with Gasteiger partial charge in [0.05, 0.1) is 6.61 Å². The number of rotatable bonds is 5. The molecule has 0 N–H and O–H groups in total. The van der Waals surface area contributed by atoms with Crippen LogP contribution in [0.15, 0.2) is 0 Å². The smallest absolute Gasteiger partial charge is 0.295 e. The molecule has 0 spiro atoms. The average Bonchev–Trinajstić information content (AvgIpc) is 2.84. The third kappa shape index (κ3) is 3.93. The minimum absolute atomic E-state index is 0.101. The summed E-state index contributed by atoms with van der Waals surface area (Å²) in [6.45, 7) is 1.61. The van der Waals surface area contributed by atoms with Gasteiger partial charge in [-0.1, -0.05) is 5.10 Å². The van der Waals surface area contributed by atoms with Crippen molar-refractivity contribution >= 4 is 11.3 Å². The molecule has 6 nitrogen and oxygen atoms in total. The molecule has 2 rings (SSSR count). The summed E-state index contributed by atoms with van der Waals surface area (Å²) in [5.41, 5.74) is 0. The molecule has 1 aliphatic heterocycles. The van der Waals surface area contributed by atoms with Crippen molar-refractivity contribution in [3.05, 3.63) is 5.01 Å². The Morgan fingerprint density at radius 2 is 2.35 bits per heavy atom. The van der Waals surface area contributed by atoms with Gasteiger partial charge in [0.25, 0.3) is 5.19 Å². The van der Waals surface area contributed by atoms with E-state index in [9.17, 15) is 0 Å². The van der Waals surface area contributed by atoms with Crippen LogP contribution in [0.3, 0.4) is 0 Å². The molecule has 1 atom stereocenters. The first-order chi connectivity index (χ1) is 8.38. The molecule has 1 aliphatic rings. The summed E-state index contributed by atoms with van der Waals surface area (Å²) in [5.74, 6) is 0. The fraction of sp³-hybridized carbons (Fsp3) is 0.700. The van der Waals surface area contributed by atoms with E-state index >= 15 is 0 Å². The Kier molecular flexibility index (Phi) is 4.67. The fourth-order valence-corrected chi connectivity index (χ4v) is 1.98. The first-order valence-electron chi connectivity index (χ1n) is 5.48. The highest BCUT2D eigenvalue weighted by Gasteiger charge is 2.13. The van der Waals surface area contributed by atoms with Crippen LogP contribution >= 0.6 is 11.3 Å². The molecule has 7 heteroatoms. The minimum atomic E-state index is -0.101. The number of nitrogens with zero attached hydrogens (tertiary/aromatic N) is 3. The van der Waals surface area contributed by atoms with Crippen molar-refractivity contribution in [1.29, 1.82) is 5.26 Å². The van der Waals surface area contributed by atoms with Crippen LogP contribution in [0.1, 0.15) is 24.3 Å². The lowest BCUT2D eigenvalue weighted by molar-refractivity contribution is -0.165. The second-order valence-electron chi connectivity index (χ2n) is 3.50. The predicted octanol–water partition coefficient (Wildman–Crippen LogP) is 1.33. The quantitative estimate of drug-likeness (QED) is 0.739. The van der Waals surface area contributed by atoms with Crippen molar-refractivity contribution in [3.63, 3.8) is 0 Å². The molecule has 1 unspecified atom stereocenters. The lowest BCUT2D eigenvalue weighted by Crippen LogP contribution is -2.24. The summed E-state index contributed by atoms with van der Waals surface area (Å²) in [7, 11) is 0. The molecule has 0 aliphatic carbocycles. The third-order valence-electron chi connectivity index (χ3n) is 2.25. The first-order valence-corrected chi connectivity index (χ1v) is 6.30. The normalized spacial score (nSPS) is 19.8. The van der Waals surface area contributed by atoms with Crippen LogP contribution in [0.4, 0.5) is 0 Å². The average molecular weight is 255 g/mol. The van der Waals surface area contributed by atoms with Crippen LogP contribution in [0.5, 0.6) is 5.19 Å². The molecule has 0 aromatic carbocycles. The predicted molar refractivity (Wildman–Crippen MR) is 59.7 cm³/mol. The molecule has 0 saturated carbocycles. The Morgan fingerprint density at radius 1 is 1.41 bits per heavy atom. The van der Waals surface area contributed by atoms with Crippen molar-refractivity contribution in [2.75, 3.05) is 19.8 Å². The van der Waals surface area contributed by atoms with Crippen molar-refractivity contribution in [2.24, 2.45) is 0 Å². The molecule has 0 radical (unpaired) electrons. The molecule has 17 heavy (non-hydrogen) atoms. The van der Waals surface area contributed by atoms with Crippen molar-refractivity contribution in [2.45, 2.75) is 25.6 Å². The van der Waals surface area contributed by atoms with Crippen LogP contribution < -0.4 is 4.74 Å². The summed E-state index contributed by atoms with van der Waals surface area (Å²) >= 11 is 1.13. The molecule has 92 valence electrons. The number of ether oxygens (including phenoxy) is 3. The molecular weight excluding hydrogens is 242 g/mol. The van der Waals surface area contributed by atoms with Gasteiger partial charge in [0.2, 0.25) is 5.01 Å². The van der Waals surface area contributed by atoms with Crippen LogP contribution in [-0.2, 0) is 9.47 Å². The standard InChI is InChI=1S/C10H13N3O3S/c11-7-8-12-13-10(17-8)16-6-5-15-9-3-1-2-4-14-9/h9H,1-6H2.